The third-order valence-electron chi connectivity index (χ3n) is 3.05. The Balaban J connectivity index is 2.26. The fraction of sp³-hybridized carbons (Fsp3) is 0.188. The number of hydrogen-bond donors (Lipinski definition) is 1. The molecule has 0 fully saturated rings. The first-order valence-corrected chi connectivity index (χ1v) is 6.42. The van der Waals surface area contributed by atoms with Crippen LogP contribution in [0.2, 0.25) is 0 Å². The van der Waals surface area contributed by atoms with Gasteiger partial charge in [-0.05, 0) is 49.4 Å². The van der Waals surface area contributed by atoms with Crippen molar-refractivity contribution in [2.45, 2.75) is 6.92 Å². The van der Waals surface area contributed by atoms with Gasteiger partial charge in [-0.3, -0.25) is 0 Å². The summed E-state index contributed by atoms with van der Waals surface area (Å²) in [6, 6.07) is 15.2. The molecule has 0 aliphatic heterocycles. The van der Waals surface area contributed by atoms with E-state index < -0.39 is 0 Å². The van der Waals surface area contributed by atoms with E-state index in [9.17, 15) is 0 Å². The van der Waals surface area contributed by atoms with Crippen molar-refractivity contribution >= 4 is 17.1 Å². The van der Waals surface area contributed by atoms with Gasteiger partial charge >= 0.3 is 0 Å². The molecule has 2 aromatic carbocycles. The third-order valence-corrected chi connectivity index (χ3v) is 3.05. The van der Waals surface area contributed by atoms with E-state index in [2.05, 4.69) is 6.07 Å². The molecular formula is C16H17N3O. The molecule has 4 heteroatoms. The lowest BCUT2D eigenvalue weighted by atomic mass is 10.1. The second-order valence-electron chi connectivity index (χ2n) is 4.37. The van der Waals surface area contributed by atoms with Crippen LogP contribution in [-0.2, 0) is 0 Å². The number of anilines is 3. The summed E-state index contributed by atoms with van der Waals surface area (Å²) in [7, 11) is 1.94. The minimum Gasteiger partial charge on any atom is -0.494 e. The van der Waals surface area contributed by atoms with Gasteiger partial charge in [0.25, 0.3) is 0 Å². The van der Waals surface area contributed by atoms with Crippen LogP contribution in [0.25, 0.3) is 0 Å². The molecule has 0 aliphatic rings. The molecule has 2 rings (SSSR count). The summed E-state index contributed by atoms with van der Waals surface area (Å²) in [6.45, 7) is 2.61. The van der Waals surface area contributed by atoms with Crippen molar-refractivity contribution in [1.82, 2.24) is 0 Å². The molecule has 0 unspecified atom stereocenters. The summed E-state index contributed by atoms with van der Waals surface area (Å²) < 4.78 is 5.42. The summed E-state index contributed by atoms with van der Waals surface area (Å²) >= 11 is 0. The van der Waals surface area contributed by atoms with Gasteiger partial charge in [-0.15, -0.1) is 0 Å². The van der Waals surface area contributed by atoms with Gasteiger partial charge in [0.15, 0.2) is 0 Å². The van der Waals surface area contributed by atoms with E-state index in [-0.39, 0.29) is 0 Å². The smallest absolute Gasteiger partial charge is 0.119 e. The lowest BCUT2D eigenvalue weighted by Crippen LogP contribution is -2.11. The predicted octanol–water partition coefficient (Wildman–Crippen LogP) is 3.31. The highest BCUT2D eigenvalue weighted by atomic mass is 16.5. The molecule has 0 spiro atoms. The van der Waals surface area contributed by atoms with E-state index >= 15 is 0 Å². The van der Waals surface area contributed by atoms with Gasteiger partial charge in [-0.1, -0.05) is 0 Å². The normalized spacial score (nSPS) is 9.85. The minimum absolute atomic E-state index is 0.561. The number of hydrogen-bond acceptors (Lipinski definition) is 4. The zero-order valence-corrected chi connectivity index (χ0v) is 11.6. The monoisotopic (exact) mass is 267 g/mol. The van der Waals surface area contributed by atoms with Crippen LogP contribution < -0.4 is 15.4 Å². The number of nitriles is 1. The van der Waals surface area contributed by atoms with Crippen molar-refractivity contribution in [1.29, 1.82) is 5.26 Å². The SMILES string of the molecule is CCOc1ccc(N(C)c2ccc(C#N)cc2N)cc1. The van der Waals surface area contributed by atoms with Crippen LogP contribution >= 0.6 is 0 Å². The number of ether oxygens (including phenoxy) is 1. The highest BCUT2D eigenvalue weighted by molar-refractivity contribution is 5.75. The van der Waals surface area contributed by atoms with Gasteiger partial charge in [0.05, 0.1) is 29.6 Å². The molecule has 20 heavy (non-hydrogen) atoms. The first kappa shape index (κ1) is 13.8. The Morgan fingerprint density at radius 3 is 2.45 bits per heavy atom. The Kier molecular flexibility index (Phi) is 4.11. The Bertz CT molecular complexity index is 629. The van der Waals surface area contributed by atoms with Crippen LogP contribution in [-0.4, -0.2) is 13.7 Å². The fourth-order valence-corrected chi connectivity index (χ4v) is 2.00. The molecule has 0 heterocycles. The fourth-order valence-electron chi connectivity index (χ4n) is 2.00. The summed E-state index contributed by atoms with van der Waals surface area (Å²) in [5, 5.41) is 8.86. The third kappa shape index (κ3) is 2.83. The lowest BCUT2D eigenvalue weighted by molar-refractivity contribution is 0.340. The molecule has 4 nitrogen and oxygen atoms in total. The molecule has 0 saturated carbocycles. The zero-order chi connectivity index (χ0) is 14.5. The average molecular weight is 267 g/mol. The summed E-state index contributed by atoms with van der Waals surface area (Å²) in [4.78, 5) is 1.98. The molecule has 0 atom stereocenters. The van der Waals surface area contributed by atoms with Crippen molar-refractivity contribution < 1.29 is 4.74 Å². The highest BCUT2D eigenvalue weighted by Gasteiger charge is 2.08. The molecule has 0 aromatic heterocycles. The second-order valence-corrected chi connectivity index (χ2v) is 4.37. The summed E-state index contributed by atoms with van der Waals surface area (Å²) in [5.41, 5.74) is 9.01. The van der Waals surface area contributed by atoms with Gasteiger partial charge in [0.1, 0.15) is 5.75 Å². The number of nitrogens with two attached hydrogens (primary N) is 1. The standard InChI is InChI=1S/C16H17N3O/c1-3-20-14-7-5-13(6-8-14)19(2)16-9-4-12(11-17)10-15(16)18/h4-10H,3,18H2,1-2H3. The van der Waals surface area contributed by atoms with Crippen molar-refractivity contribution in [3.8, 4) is 11.8 Å². The Hall–Kier alpha value is -2.67. The van der Waals surface area contributed by atoms with E-state index in [1.165, 1.54) is 0 Å². The van der Waals surface area contributed by atoms with Crippen LogP contribution in [0.4, 0.5) is 17.1 Å². The lowest BCUT2D eigenvalue weighted by Gasteiger charge is -2.21. The van der Waals surface area contributed by atoms with E-state index in [4.69, 9.17) is 15.7 Å². The Labute approximate surface area is 119 Å². The maximum absolute atomic E-state index is 8.86. The van der Waals surface area contributed by atoms with Crippen molar-refractivity contribution in [2.24, 2.45) is 0 Å². The van der Waals surface area contributed by atoms with Gasteiger partial charge in [-0.2, -0.15) is 5.26 Å². The quantitative estimate of drug-likeness (QED) is 0.863. The van der Waals surface area contributed by atoms with Gasteiger partial charge in [0, 0.05) is 12.7 Å². The molecular weight excluding hydrogens is 250 g/mol. The molecule has 0 saturated heterocycles. The van der Waals surface area contributed by atoms with E-state index in [0.717, 1.165) is 17.1 Å². The van der Waals surface area contributed by atoms with Crippen molar-refractivity contribution in [3.05, 3.63) is 48.0 Å². The number of nitrogen functional groups attached to an aromatic ring is 1. The Morgan fingerprint density at radius 2 is 1.90 bits per heavy atom. The van der Waals surface area contributed by atoms with Gasteiger partial charge < -0.3 is 15.4 Å². The topological polar surface area (TPSA) is 62.3 Å². The summed E-state index contributed by atoms with van der Waals surface area (Å²) in [5.74, 6) is 0.845. The Morgan fingerprint density at radius 1 is 1.20 bits per heavy atom. The minimum atomic E-state index is 0.561. The molecule has 0 amide bonds. The number of rotatable bonds is 4. The molecule has 0 aliphatic carbocycles. The largest absolute Gasteiger partial charge is 0.494 e. The van der Waals surface area contributed by atoms with Gasteiger partial charge in [-0.25, -0.2) is 0 Å². The van der Waals surface area contributed by atoms with Crippen LogP contribution in [0.15, 0.2) is 42.5 Å². The zero-order valence-electron chi connectivity index (χ0n) is 11.6. The predicted molar refractivity (Wildman–Crippen MR) is 81.2 cm³/mol. The van der Waals surface area contributed by atoms with E-state index in [1.807, 2.05) is 49.2 Å². The van der Waals surface area contributed by atoms with Crippen LogP contribution in [0, 0.1) is 11.3 Å². The number of benzene rings is 2. The first-order chi connectivity index (χ1) is 9.65. The van der Waals surface area contributed by atoms with Crippen molar-refractivity contribution in [2.75, 3.05) is 24.3 Å². The molecule has 0 radical (unpaired) electrons. The highest BCUT2D eigenvalue weighted by Crippen LogP contribution is 2.30. The molecule has 0 bridgehead atoms. The van der Waals surface area contributed by atoms with E-state index in [0.29, 0.717) is 17.9 Å². The van der Waals surface area contributed by atoms with Crippen LogP contribution in [0.5, 0.6) is 5.75 Å². The molecule has 102 valence electrons. The molecule has 2 N–H and O–H groups in total. The maximum atomic E-state index is 8.86. The number of nitrogens with zero attached hydrogens (tertiary/aromatic N) is 2. The second kappa shape index (κ2) is 5.98. The van der Waals surface area contributed by atoms with Crippen molar-refractivity contribution in [3.63, 3.8) is 0 Å². The van der Waals surface area contributed by atoms with E-state index in [1.54, 1.807) is 12.1 Å². The average Bonchev–Trinajstić information content (AvgIpc) is 2.47. The summed E-state index contributed by atoms with van der Waals surface area (Å²) in [6.07, 6.45) is 0. The van der Waals surface area contributed by atoms with Gasteiger partial charge in [0.2, 0.25) is 0 Å². The first-order valence-electron chi connectivity index (χ1n) is 6.42. The van der Waals surface area contributed by atoms with Crippen LogP contribution in [0.3, 0.4) is 0 Å². The molecule has 2 aromatic rings. The van der Waals surface area contributed by atoms with Crippen LogP contribution in [0.1, 0.15) is 12.5 Å². The maximum Gasteiger partial charge on any atom is 0.119 e.